The van der Waals surface area contributed by atoms with E-state index in [0.717, 1.165) is 12.5 Å². The Balaban J connectivity index is 2.19. The number of hydrogen-bond acceptors (Lipinski definition) is 4. The van der Waals surface area contributed by atoms with Gasteiger partial charge in [-0.05, 0) is 37.0 Å². The maximum atomic E-state index is 13.9. The van der Waals surface area contributed by atoms with Crippen LogP contribution >= 0.6 is 0 Å². The summed E-state index contributed by atoms with van der Waals surface area (Å²) < 4.78 is 36.2. The number of nitrogens with zero attached hydrogens (tertiary/aromatic N) is 1. The molecule has 0 spiro atoms. The molecule has 106 valence electrons. The topological polar surface area (TPSA) is 83.6 Å². The lowest BCUT2D eigenvalue weighted by Gasteiger charge is -2.19. The van der Waals surface area contributed by atoms with Crippen molar-refractivity contribution in [3.63, 3.8) is 0 Å². The first-order valence-electron chi connectivity index (χ1n) is 6.10. The van der Waals surface area contributed by atoms with Gasteiger partial charge < -0.3 is 10.0 Å². The minimum Gasteiger partial charge on any atom is -0.396 e. The van der Waals surface area contributed by atoms with Gasteiger partial charge in [0.25, 0.3) is 0 Å². The molecular formula is C12H17FN2O3S. The number of primary sulfonamides is 1. The van der Waals surface area contributed by atoms with Crippen LogP contribution in [0.2, 0.25) is 0 Å². The average Bonchev–Trinajstić information content (AvgIpc) is 2.76. The van der Waals surface area contributed by atoms with Gasteiger partial charge in [-0.25, -0.2) is 17.9 Å². The fraction of sp³-hybridized carbons (Fsp3) is 0.500. The van der Waals surface area contributed by atoms with Crippen molar-refractivity contribution in [3.05, 3.63) is 24.0 Å². The van der Waals surface area contributed by atoms with E-state index in [2.05, 4.69) is 0 Å². The molecule has 1 atom stereocenters. The summed E-state index contributed by atoms with van der Waals surface area (Å²) in [4.78, 5) is 1.64. The van der Waals surface area contributed by atoms with Crippen molar-refractivity contribution in [2.75, 3.05) is 24.6 Å². The van der Waals surface area contributed by atoms with Crippen LogP contribution in [0.3, 0.4) is 0 Å². The second-order valence-corrected chi connectivity index (χ2v) is 6.33. The van der Waals surface area contributed by atoms with Gasteiger partial charge in [0.1, 0.15) is 5.82 Å². The lowest BCUT2D eigenvalue weighted by molar-refractivity contribution is 0.263. The second-order valence-electron chi connectivity index (χ2n) is 4.77. The van der Waals surface area contributed by atoms with Gasteiger partial charge in [-0.15, -0.1) is 0 Å². The normalized spacial score (nSPS) is 19.9. The highest BCUT2D eigenvalue weighted by Gasteiger charge is 2.24. The Morgan fingerprint density at radius 3 is 2.79 bits per heavy atom. The van der Waals surface area contributed by atoms with E-state index in [4.69, 9.17) is 10.2 Å². The molecule has 1 saturated heterocycles. The predicted octanol–water partition coefficient (Wildman–Crippen LogP) is 0.682. The highest BCUT2D eigenvalue weighted by Crippen LogP contribution is 2.28. The number of anilines is 1. The SMILES string of the molecule is NS(=O)(=O)c1ccc(N2CCC(CCO)C2)c(F)c1. The third-order valence-electron chi connectivity index (χ3n) is 3.41. The zero-order valence-corrected chi connectivity index (χ0v) is 11.2. The molecule has 5 nitrogen and oxygen atoms in total. The van der Waals surface area contributed by atoms with Gasteiger partial charge in [0.2, 0.25) is 10.0 Å². The highest BCUT2D eigenvalue weighted by molar-refractivity contribution is 7.89. The molecule has 7 heteroatoms. The van der Waals surface area contributed by atoms with Crippen LogP contribution in [0.1, 0.15) is 12.8 Å². The van der Waals surface area contributed by atoms with Gasteiger partial charge >= 0.3 is 0 Å². The summed E-state index contributed by atoms with van der Waals surface area (Å²) in [5.74, 6) is -0.238. The number of rotatable bonds is 4. The molecule has 19 heavy (non-hydrogen) atoms. The van der Waals surface area contributed by atoms with E-state index in [1.165, 1.54) is 12.1 Å². The molecule has 3 N–H and O–H groups in total. The summed E-state index contributed by atoms with van der Waals surface area (Å²) in [5.41, 5.74) is 0.382. The molecule has 0 bridgehead atoms. The van der Waals surface area contributed by atoms with Crippen molar-refractivity contribution in [1.29, 1.82) is 0 Å². The standard InChI is InChI=1S/C12H17FN2O3S/c13-11-7-10(19(14,17)18)1-2-12(11)15-5-3-9(8-15)4-6-16/h1-2,7,9,16H,3-6,8H2,(H2,14,17,18). The van der Waals surface area contributed by atoms with Gasteiger partial charge in [0.15, 0.2) is 0 Å². The van der Waals surface area contributed by atoms with E-state index < -0.39 is 15.8 Å². The van der Waals surface area contributed by atoms with Crippen LogP contribution in [0.15, 0.2) is 23.1 Å². The first-order chi connectivity index (χ1) is 8.91. The largest absolute Gasteiger partial charge is 0.396 e. The van der Waals surface area contributed by atoms with Crippen molar-refractivity contribution in [2.24, 2.45) is 11.1 Å². The van der Waals surface area contributed by atoms with Crippen molar-refractivity contribution in [1.82, 2.24) is 0 Å². The van der Waals surface area contributed by atoms with Crippen molar-refractivity contribution < 1.29 is 17.9 Å². The lowest BCUT2D eigenvalue weighted by atomic mass is 10.1. The Labute approximate surface area is 111 Å². The summed E-state index contributed by atoms with van der Waals surface area (Å²) >= 11 is 0. The summed E-state index contributed by atoms with van der Waals surface area (Å²) in [6.45, 7) is 1.51. The zero-order chi connectivity index (χ0) is 14.0. The molecule has 1 fully saturated rings. The van der Waals surface area contributed by atoms with E-state index in [9.17, 15) is 12.8 Å². The Morgan fingerprint density at radius 2 is 2.21 bits per heavy atom. The molecule has 0 amide bonds. The molecule has 0 saturated carbocycles. The van der Waals surface area contributed by atoms with Crippen LogP contribution in [0.25, 0.3) is 0 Å². The monoisotopic (exact) mass is 288 g/mol. The quantitative estimate of drug-likeness (QED) is 0.853. The van der Waals surface area contributed by atoms with E-state index in [1.54, 1.807) is 0 Å². The highest BCUT2D eigenvalue weighted by atomic mass is 32.2. The molecule has 0 aromatic heterocycles. The van der Waals surface area contributed by atoms with Crippen LogP contribution in [-0.2, 0) is 10.0 Å². The molecule has 1 aliphatic heterocycles. The Bertz CT molecular complexity index is 562. The zero-order valence-electron chi connectivity index (χ0n) is 10.4. The Morgan fingerprint density at radius 1 is 1.47 bits per heavy atom. The van der Waals surface area contributed by atoms with Crippen LogP contribution in [-0.4, -0.2) is 33.2 Å². The van der Waals surface area contributed by atoms with Crippen LogP contribution < -0.4 is 10.0 Å². The molecule has 1 aromatic rings. The Kier molecular flexibility index (Phi) is 4.07. The van der Waals surface area contributed by atoms with Crippen molar-refractivity contribution in [2.45, 2.75) is 17.7 Å². The van der Waals surface area contributed by atoms with Crippen LogP contribution in [0.4, 0.5) is 10.1 Å². The fourth-order valence-electron chi connectivity index (χ4n) is 2.39. The van der Waals surface area contributed by atoms with Crippen molar-refractivity contribution >= 4 is 15.7 Å². The van der Waals surface area contributed by atoms with E-state index in [0.29, 0.717) is 31.1 Å². The minimum atomic E-state index is -3.88. The second kappa shape index (κ2) is 5.44. The fourth-order valence-corrected chi connectivity index (χ4v) is 2.92. The number of nitrogens with two attached hydrogens (primary N) is 1. The van der Waals surface area contributed by atoms with Gasteiger partial charge in [0.05, 0.1) is 10.6 Å². The summed E-state index contributed by atoms with van der Waals surface area (Å²) in [6.07, 6.45) is 1.60. The third kappa shape index (κ3) is 3.23. The molecule has 0 radical (unpaired) electrons. The Hall–Kier alpha value is -1.18. The van der Waals surface area contributed by atoms with Gasteiger partial charge in [0, 0.05) is 19.7 Å². The maximum Gasteiger partial charge on any atom is 0.238 e. The molecule has 0 aliphatic carbocycles. The molecule has 2 rings (SSSR count). The summed E-state index contributed by atoms with van der Waals surface area (Å²) in [7, 11) is -3.88. The smallest absolute Gasteiger partial charge is 0.238 e. The number of sulfonamides is 1. The van der Waals surface area contributed by atoms with Gasteiger partial charge in [-0.2, -0.15) is 0 Å². The van der Waals surface area contributed by atoms with Gasteiger partial charge in [-0.1, -0.05) is 0 Å². The van der Waals surface area contributed by atoms with E-state index in [1.807, 2.05) is 4.90 Å². The number of halogens is 1. The van der Waals surface area contributed by atoms with Crippen LogP contribution in [0.5, 0.6) is 0 Å². The number of aliphatic hydroxyl groups excluding tert-OH is 1. The summed E-state index contributed by atoms with van der Waals surface area (Å²) in [5, 5.41) is 13.8. The van der Waals surface area contributed by atoms with Crippen molar-refractivity contribution in [3.8, 4) is 0 Å². The predicted molar refractivity (Wildman–Crippen MR) is 69.8 cm³/mol. The summed E-state index contributed by atoms with van der Waals surface area (Å²) in [6, 6.07) is 3.70. The maximum absolute atomic E-state index is 13.9. The lowest BCUT2D eigenvalue weighted by Crippen LogP contribution is -2.21. The first kappa shape index (κ1) is 14.2. The number of hydrogen-bond donors (Lipinski definition) is 2. The minimum absolute atomic E-state index is 0.130. The van der Waals surface area contributed by atoms with E-state index in [-0.39, 0.29) is 11.5 Å². The first-order valence-corrected chi connectivity index (χ1v) is 7.64. The molecule has 1 aromatic carbocycles. The van der Waals surface area contributed by atoms with Crippen LogP contribution in [0, 0.1) is 11.7 Å². The van der Waals surface area contributed by atoms with E-state index >= 15 is 0 Å². The molecule has 1 heterocycles. The molecule has 1 aliphatic rings. The number of aliphatic hydroxyl groups is 1. The van der Waals surface area contributed by atoms with Gasteiger partial charge in [-0.3, -0.25) is 0 Å². The average molecular weight is 288 g/mol. The molecule has 1 unspecified atom stereocenters. The third-order valence-corrected chi connectivity index (χ3v) is 4.32. The molecular weight excluding hydrogens is 271 g/mol. The number of benzene rings is 1.